The van der Waals surface area contributed by atoms with Crippen molar-refractivity contribution in [3.8, 4) is 5.75 Å². The summed E-state index contributed by atoms with van der Waals surface area (Å²) in [4.78, 5) is 5.30. The Balaban J connectivity index is 1.48. The van der Waals surface area contributed by atoms with Crippen molar-refractivity contribution >= 4 is 17.6 Å². The van der Waals surface area contributed by atoms with Gasteiger partial charge in [0.05, 0.1) is 24.7 Å². The van der Waals surface area contributed by atoms with Crippen molar-refractivity contribution in [2.45, 2.75) is 70.4 Å². The number of benzene rings is 2. The van der Waals surface area contributed by atoms with Crippen LogP contribution in [0.5, 0.6) is 5.75 Å². The fourth-order valence-electron chi connectivity index (χ4n) is 5.90. The highest BCUT2D eigenvalue weighted by atomic mass is 32.2. The maximum atomic E-state index is 5.38. The Bertz CT molecular complexity index is 1110. The molecule has 0 amide bonds. The zero-order valence-corrected chi connectivity index (χ0v) is 22.5. The van der Waals surface area contributed by atoms with Crippen molar-refractivity contribution in [2.24, 2.45) is 10.9 Å². The van der Waals surface area contributed by atoms with Crippen molar-refractivity contribution in [3.63, 3.8) is 0 Å². The lowest BCUT2D eigenvalue weighted by atomic mass is 9.85. The molecule has 5 heteroatoms. The van der Waals surface area contributed by atoms with Crippen LogP contribution in [0.3, 0.4) is 0 Å². The summed E-state index contributed by atoms with van der Waals surface area (Å²) in [5.74, 6) is 2.76. The van der Waals surface area contributed by atoms with Gasteiger partial charge in [-0.25, -0.2) is 10.4 Å². The number of amidine groups is 1. The van der Waals surface area contributed by atoms with E-state index in [9.17, 15) is 0 Å². The van der Waals surface area contributed by atoms with Gasteiger partial charge >= 0.3 is 0 Å². The zero-order valence-electron chi connectivity index (χ0n) is 21.7. The molecule has 0 aromatic heterocycles. The first-order valence-corrected chi connectivity index (χ1v) is 14.7. The summed E-state index contributed by atoms with van der Waals surface area (Å²) in [5, 5.41) is 3.49. The van der Waals surface area contributed by atoms with Crippen LogP contribution in [0.4, 0.5) is 0 Å². The Kier molecular flexibility index (Phi) is 8.50. The van der Waals surface area contributed by atoms with Gasteiger partial charge in [0.2, 0.25) is 0 Å². The lowest BCUT2D eigenvalue weighted by molar-refractivity contribution is 0.294. The van der Waals surface area contributed by atoms with Gasteiger partial charge in [-0.05, 0) is 80.4 Å². The minimum Gasteiger partial charge on any atom is -0.497 e. The van der Waals surface area contributed by atoms with Crippen molar-refractivity contribution in [2.75, 3.05) is 13.4 Å². The second kappa shape index (κ2) is 12.2. The van der Waals surface area contributed by atoms with Gasteiger partial charge in [0.1, 0.15) is 11.6 Å². The molecule has 0 bridgehead atoms. The third kappa shape index (κ3) is 6.07. The van der Waals surface area contributed by atoms with E-state index in [1.807, 2.05) is 0 Å². The van der Waals surface area contributed by atoms with E-state index in [-0.39, 0.29) is 0 Å². The monoisotopic (exact) mass is 501 g/mol. The Morgan fingerprint density at radius 3 is 2.58 bits per heavy atom. The molecule has 0 saturated carbocycles. The molecule has 1 N–H and O–H groups in total. The summed E-state index contributed by atoms with van der Waals surface area (Å²) >= 11 is 1.77. The second-order valence-electron chi connectivity index (χ2n) is 10.3. The summed E-state index contributed by atoms with van der Waals surface area (Å²) in [6, 6.07) is 19.8. The number of aliphatic imine (C=N–C) groups is 1. The maximum Gasteiger partial charge on any atom is 0.149 e. The summed E-state index contributed by atoms with van der Waals surface area (Å²) in [6.07, 6.45) is 15.3. The molecule has 0 spiro atoms. The Morgan fingerprint density at radius 1 is 1.00 bits per heavy atom. The standard InChI is InChI=1S/C31H39N3OS/c1-35-27-18-16-23(17-19-27)20-25-12-6-8-14-28-30-26(21-25)13-7-9-15-29(36-2)32-31(30)34(33-28)22-24-10-4-3-5-11-24/h3-5,10-11,15-19,25,28,33H,6-9,12-14,20-22H2,1-2H3. The van der Waals surface area contributed by atoms with E-state index < -0.39 is 0 Å². The zero-order chi connectivity index (χ0) is 24.7. The summed E-state index contributed by atoms with van der Waals surface area (Å²) in [5.41, 5.74) is 9.76. The molecule has 2 aromatic carbocycles. The Hall–Kier alpha value is -2.50. The quantitative estimate of drug-likeness (QED) is 0.451. The van der Waals surface area contributed by atoms with Gasteiger partial charge in [-0.3, -0.25) is 5.01 Å². The molecule has 2 heterocycles. The molecule has 36 heavy (non-hydrogen) atoms. The normalized spacial score (nSPS) is 22.8. The van der Waals surface area contributed by atoms with Gasteiger partial charge in [-0.2, -0.15) is 0 Å². The predicted molar refractivity (Wildman–Crippen MR) is 152 cm³/mol. The lowest BCUT2D eigenvalue weighted by Crippen LogP contribution is -2.37. The first-order valence-electron chi connectivity index (χ1n) is 13.5. The van der Waals surface area contributed by atoms with Crippen LogP contribution >= 0.6 is 11.8 Å². The van der Waals surface area contributed by atoms with Crippen LogP contribution in [0.1, 0.15) is 62.5 Å². The molecular weight excluding hydrogens is 462 g/mol. The van der Waals surface area contributed by atoms with E-state index in [1.165, 1.54) is 61.6 Å². The third-order valence-electron chi connectivity index (χ3n) is 7.72. The van der Waals surface area contributed by atoms with E-state index in [0.29, 0.717) is 12.0 Å². The number of hydrogen-bond donors (Lipinski definition) is 1. The third-order valence-corrected chi connectivity index (χ3v) is 8.40. The number of hydrogen-bond acceptors (Lipinski definition) is 5. The van der Waals surface area contributed by atoms with Gasteiger partial charge < -0.3 is 4.74 Å². The molecule has 2 unspecified atom stereocenters. The molecule has 3 aliphatic rings. The van der Waals surface area contributed by atoms with Gasteiger partial charge in [0.25, 0.3) is 0 Å². The molecule has 2 aliphatic heterocycles. The van der Waals surface area contributed by atoms with Crippen LogP contribution in [-0.2, 0) is 13.0 Å². The summed E-state index contributed by atoms with van der Waals surface area (Å²) < 4.78 is 5.38. The minimum absolute atomic E-state index is 0.364. The van der Waals surface area contributed by atoms with Crippen molar-refractivity contribution in [3.05, 3.63) is 88.0 Å². The number of hydrazine groups is 1. The molecule has 190 valence electrons. The molecule has 1 fully saturated rings. The Morgan fingerprint density at radius 2 is 1.81 bits per heavy atom. The number of nitrogens with zero attached hydrogens (tertiary/aromatic N) is 2. The van der Waals surface area contributed by atoms with E-state index in [1.54, 1.807) is 24.4 Å². The summed E-state index contributed by atoms with van der Waals surface area (Å²) in [7, 11) is 1.74. The number of allylic oxidation sites excluding steroid dienone is 2. The van der Waals surface area contributed by atoms with Crippen LogP contribution in [-0.4, -0.2) is 30.3 Å². The minimum atomic E-state index is 0.364. The molecule has 5 rings (SSSR count). The van der Waals surface area contributed by atoms with E-state index in [0.717, 1.165) is 36.0 Å². The van der Waals surface area contributed by atoms with Gasteiger partial charge in [0.15, 0.2) is 0 Å². The molecule has 1 aliphatic carbocycles. The number of methoxy groups -OCH3 is 1. The fourth-order valence-corrected chi connectivity index (χ4v) is 6.37. The number of rotatable bonds is 6. The molecule has 2 aromatic rings. The molecule has 1 saturated heterocycles. The van der Waals surface area contributed by atoms with Crippen LogP contribution in [0, 0.1) is 5.92 Å². The highest BCUT2D eigenvalue weighted by molar-refractivity contribution is 8.02. The van der Waals surface area contributed by atoms with Crippen LogP contribution in [0.2, 0.25) is 0 Å². The van der Waals surface area contributed by atoms with Gasteiger partial charge in [0, 0.05) is 5.57 Å². The average molecular weight is 502 g/mol. The van der Waals surface area contributed by atoms with Crippen LogP contribution in [0.25, 0.3) is 0 Å². The smallest absolute Gasteiger partial charge is 0.149 e. The van der Waals surface area contributed by atoms with E-state index >= 15 is 0 Å². The fraction of sp³-hybridized carbons (Fsp3) is 0.452. The lowest BCUT2D eigenvalue weighted by Gasteiger charge is -2.22. The second-order valence-corrected chi connectivity index (χ2v) is 11.1. The van der Waals surface area contributed by atoms with Crippen LogP contribution in [0.15, 0.2) is 81.8 Å². The van der Waals surface area contributed by atoms with Gasteiger partial charge in [-0.1, -0.05) is 67.0 Å². The van der Waals surface area contributed by atoms with Gasteiger partial charge in [-0.15, -0.1) is 11.8 Å². The molecule has 0 radical (unpaired) electrons. The topological polar surface area (TPSA) is 36.9 Å². The largest absolute Gasteiger partial charge is 0.497 e. The average Bonchev–Trinajstić information content (AvgIpc) is 3.29. The highest BCUT2D eigenvalue weighted by Gasteiger charge is 2.36. The SMILES string of the molecule is COc1ccc(CC2CCCCC3NN(Cc4ccccc4)C4=NC(SC)=CCCCC(=C43)C2)cc1. The molecular formula is C31H39N3OS. The van der Waals surface area contributed by atoms with E-state index in [4.69, 9.17) is 9.73 Å². The maximum absolute atomic E-state index is 5.38. The van der Waals surface area contributed by atoms with Crippen LogP contribution < -0.4 is 10.2 Å². The van der Waals surface area contributed by atoms with Crippen molar-refractivity contribution in [1.82, 2.24) is 10.4 Å². The molecule has 2 atom stereocenters. The van der Waals surface area contributed by atoms with E-state index in [2.05, 4.69) is 77.4 Å². The first-order chi connectivity index (χ1) is 17.7. The number of ether oxygens (including phenoxy) is 1. The number of thioether (sulfide) groups is 1. The van der Waals surface area contributed by atoms with Crippen molar-refractivity contribution < 1.29 is 4.74 Å². The predicted octanol–water partition coefficient (Wildman–Crippen LogP) is 7.29. The number of nitrogens with one attached hydrogen (secondary N) is 1. The Labute approximate surface area is 220 Å². The highest BCUT2D eigenvalue weighted by Crippen LogP contribution is 2.37. The first kappa shape index (κ1) is 25.2. The summed E-state index contributed by atoms with van der Waals surface area (Å²) in [6.45, 7) is 0.837. The van der Waals surface area contributed by atoms with Crippen molar-refractivity contribution in [1.29, 1.82) is 0 Å². The molecule has 4 nitrogen and oxygen atoms in total.